The van der Waals surface area contributed by atoms with E-state index in [0.717, 1.165) is 5.06 Å². The summed E-state index contributed by atoms with van der Waals surface area (Å²) in [7, 11) is 0. The molecule has 0 aromatic carbocycles. The number of hydroxylamine groups is 2. The number of hydrogen-bond acceptors (Lipinski definition) is 9. The summed E-state index contributed by atoms with van der Waals surface area (Å²) in [6.07, 6.45) is 0.340. The number of nitrogens with zero attached hydrogens (tertiary/aromatic N) is 5. The third kappa shape index (κ3) is 5.44. The van der Waals surface area contributed by atoms with Gasteiger partial charge < -0.3 is 24.1 Å². The van der Waals surface area contributed by atoms with Gasteiger partial charge in [0.15, 0.2) is 0 Å². The Kier molecular flexibility index (Phi) is 6.32. The molecule has 3 fully saturated rings. The van der Waals surface area contributed by atoms with Crippen molar-refractivity contribution in [2.75, 3.05) is 13.1 Å². The molecule has 0 aliphatic carbocycles. The molecular formula is C22H34N6O7. The summed E-state index contributed by atoms with van der Waals surface area (Å²) in [5, 5.41) is 21.8. The molecule has 1 aromatic rings. The standard InChI is InChI=1S/C22H34N6O7/c1-21(2,3)34-18(29)23-12-9-15(27(10-12)20(31)35-22(4,5)6)17-25-24-16(33-17)14-8-7-13-11-26(14)19(30)28(13)32/h12-15,32H,7-11H2,1-6H3,(H,23,29)/t12-,13-,14-,15-/m0/s1. The molecule has 13 nitrogen and oxygen atoms in total. The summed E-state index contributed by atoms with van der Waals surface area (Å²) in [6, 6.07) is -2.24. The fourth-order valence-electron chi connectivity index (χ4n) is 4.59. The number of carbonyl (C=O) groups is 3. The highest BCUT2D eigenvalue weighted by Gasteiger charge is 2.48. The Morgan fingerprint density at radius 3 is 2.26 bits per heavy atom. The molecule has 13 heteroatoms. The van der Waals surface area contributed by atoms with Gasteiger partial charge in [-0.3, -0.25) is 10.1 Å². The summed E-state index contributed by atoms with van der Waals surface area (Å²) in [6.45, 7) is 11.2. The Hall–Kier alpha value is -3.09. The van der Waals surface area contributed by atoms with Crippen LogP contribution < -0.4 is 5.32 Å². The average molecular weight is 495 g/mol. The molecule has 4 amide bonds. The molecule has 1 aromatic heterocycles. The summed E-state index contributed by atoms with van der Waals surface area (Å²) >= 11 is 0. The van der Waals surface area contributed by atoms with Gasteiger partial charge in [0.1, 0.15) is 23.3 Å². The third-order valence-corrected chi connectivity index (χ3v) is 6.02. The molecule has 4 rings (SSSR count). The first-order valence-corrected chi connectivity index (χ1v) is 11.8. The molecule has 3 aliphatic rings. The lowest BCUT2D eigenvalue weighted by Crippen LogP contribution is -2.42. The van der Waals surface area contributed by atoms with Gasteiger partial charge in [-0.05, 0) is 60.8 Å². The highest BCUT2D eigenvalue weighted by Crippen LogP contribution is 2.39. The second-order valence-corrected chi connectivity index (χ2v) is 11.2. The molecule has 0 spiro atoms. The molecule has 194 valence electrons. The van der Waals surface area contributed by atoms with E-state index in [-0.39, 0.29) is 24.4 Å². The highest BCUT2D eigenvalue weighted by atomic mass is 16.6. The number of carbonyl (C=O) groups excluding carboxylic acids is 3. The third-order valence-electron chi connectivity index (χ3n) is 6.02. The van der Waals surface area contributed by atoms with E-state index in [2.05, 4.69) is 15.5 Å². The molecule has 2 N–H and O–H groups in total. The number of alkyl carbamates (subject to hydrolysis) is 1. The minimum Gasteiger partial charge on any atom is -0.444 e. The van der Waals surface area contributed by atoms with Crippen molar-refractivity contribution in [1.29, 1.82) is 0 Å². The van der Waals surface area contributed by atoms with Crippen molar-refractivity contribution in [3.8, 4) is 0 Å². The van der Waals surface area contributed by atoms with Crippen molar-refractivity contribution < 1.29 is 33.5 Å². The normalized spacial score (nSPS) is 26.8. The number of likely N-dealkylation sites (tertiary alicyclic amines) is 1. The monoisotopic (exact) mass is 494 g/mol. The van der Waals surface area contributed by atoms with Crippen molar-refractivity contribution in [3.05, 3.63) is 11.8 Å². The predicted octanol–water partition coefficient (Wildman–Crippen LogP) is 2.98. The molecule has 3 aliphatic heterocycles. The zero-order valence-electron chi connectivity index (χ0n) is 21.0. The molecule has 3 saturated heterocycles. The van der Waals surface area contributed by atoms with E-state index >= 15 is 0 Å². The van der Waals surface area contributed by atoms with Crippen LogP contribution >= 0.6 is 0 Å². The molecule has 35 heavy (non-hydrogen) atoms. The highest BCUT2D eigenvalue weighted by molar-refractivity contribution is 5.76. The Morgan fingerprint density at radius 1 is 1.00 bits per heavy atom. The van der Waals surface area contributed by atoms with Gasteiger partial charge in [-0.15, -0.1) is 10.2 Å². The zero-order valence-corrected chi connectivity index (χ0v) is 21.0. The number of piperidine rings is 1. The lowest BCUT2D eigenvalue weighted by molar-refractivity contribution is -0.0584. The number of rotatable bonds is 3. The van der Waals surface area contributed by atoms with E-state index in [1.807, 2.05) is 0 Å². The van der Waals surface area contributed by atoms with Crippen LogP contribution in [0.4, 0.5) is 14.4 Å². The first-order valence-electron chi connectivity index (χ1n) is 11.8. The van der Waals surface area contributed by atoms with Crippen molar-refractivity contribution in [1.82, 2.24) is 30.4 Å². The first-order chi connectivity index (χ1) is 16.2. The molecule has 0 saturated carbocycles. The number of fused-ring (bicyclic) bond motifs is 2. The van der Waals surface area contributed by atoms with Crippen LogP contribution in [0.3, 0.4) is 0 Å². The molecule has 0 radical (unpaired) electrons. The van der Waals surface area contributed by atoms with Gasteiger partial charge >= 0.3 is 18.2 Å². The topological polar surface area (TPSA) is 151 Å². The smallest absolute Gasteiger partial charge is 0.411 e. The number of hydrogen-bond donors (Lipinski definition) is 2. The number of amides is 4. The lowest BCUT2D eigenvalue weighted by atomic mass is 10.0. The quantitative estimate of drug-likeness (QED) is 0.604. The van der Waals surface area contributed by atoms with Crippen LogP contribution in [0, 0.1) is 0 Å². The SMILES string of the molecule is CC(C)(C)OC(=O)N[C@H]1C[C@@H](c2nnc([C@@H]3CC[C@H]4CN3C(=O)N4O)o2)N(C(=O)OC(C)(C)C)C1. The fourth-order valence-corrected chi connectivity index (χ4v) is 4.59. The summed E-state index contributed by atoms with van der Waals surface area (Å²) < 4.78 is 16.9. The van der Waals surface area contributed by atoms with Crippen molar-refractivity contribution in [2.24, 2.45) is 0 Å². The Labute approximate surface area is 203 Å². The van der Waals surface area contributed by atoms with Crippen LogP contribution in [0.1, 0.15) is 84.7 Å². The molecule has 4 heterocycles. The van der Waals surface area contributed by atoms with Crippen LogP contribution in [-0.4, -0.2) is 84.9 Å². The average Bonchev–Trinajstić information content (AvgIpc) is 3.41. The number of ether oxygens (including phenoxy) is 2. The number of aromatic nitrogens is 2. The van der Waals surface area contributed by atoms with Crippen LogP contribution in [0.2, 0.25) is 0 Å². The van der Waals surface area contributed by atoms with E-state index in [0.29, 0.717) is 25.8 Å². The van der Waals surface area contributed by atoms with Gasteiger partial charge in [-0.1, -0.05) is 0 Å². The van der Waals surface area contributed by atoms with Crippen LogP contribution in [-0.2, 0) is 9.47 Å². The Bertz CT molecular complexity index is 984. The molecule has 0 unspecified atom stereocenters. The van der Waals surface area contributed by atoms with E-state index < -0.39 is 47.5 Å². The van der Waals surface area contributed by atoms with Crippen molar-refractivity contribution >= 4 is 18.2 Å². The van der Waals surface area contributed by atoms with Gasteiger partial charge in [-0.25, -0.2) is 19.4 Å². The second kappa shape index (κ2) is 8.85. The van der Waals surface area contributed by atoms with Gasteiger partial charge in [0.25, 0.3) is 0 Å². The van der Waals surface area contributed by atoms with Gasteiger partial charge in [0.05, 0.1) is 12.1 Å². The molecule has 4 atom stereocenters. The number of urea groups is 1. The Morgan fingerprint density at radius 2 is 1.63 bits per heavy atom. The molecule has 2 bridgehead atoms. The fraction of sp³-hybridized carbons (Fsp3) is 0.773. The van der Waals surface area contributed by atoms with Crippen LogP contribution in [0.25, 0.3) is 0 Å². The minimum absolute atomic E-state index is 0.172. The van der Waals surface area contributed by atoms with Gasteiger partial charge in [0.2, 0.25) is 11.8 Å². The first kappa shape index (κ1) is 25.0. The maximum Gasteiger partial charge on any atom is 0.411 e. The van der Waals surface area contributed by atoms with E-state index in [1.54, 1.807) is 41.5 Å². The van der Waals surface area contributed by atoms with Crippen LogP contribution in [0.15, 0.2) is 4.42 Å². The maximum absolute atomic E-state index is 13.0. The van der Waals surface area contributed by atoms with Gasteiger partial charge in [0, 0.05) is 13.1 Å². The lowest BCUT2D eigenvalue weighted by Gasteiger charge is -2.28. The van der Waals surface area contributed by atoms with Crippen molar-refractivity contribution in [3.63, 3.8) is 0 Å². The summed E-state index contributed by atoms with van der Waals surface area (Å²) in [5.74, 6) is 0.434. The minimum atomic E-state index is -0.719. The summed E-state index contributed by atoms with van der Waals surface area (Å²) in [4.78, 5) is 40.6. The van der Waals surface area contributed by atoms with Crippen LogP contribution in [0.5, 0.6) is 0 Å². The largest absolute Gasteiger partial charge is 0.444 e. The second-order valence-electron chi connectivity index (χ2n) is 11.2. The predicted molar refractivity (Wildman–Crippen MR) is 119 cm³/mol. The van der Waals surface area contributed by atoms with E-state index in [4.69, 9.17) is 13.9 Å². The van der Waals surface area contributed by atoms with E-state index in [1.165, 1.54) is 9.80 Å². The van der Waals surface area contributed by atoms with Gasteiger partial charge in [-0.2, -0.15) is 0 Å². The molecular weight excluding hydrogens is 460 g/mol. The zero-order chi connectivity index (χ0) is 25.7. The maximum atomic E-state index is 13.0. The van der Waals surface area contributed by atoms with E-state index in [9.17, 15) is 19.6 Å². The van der Waals surface area contributed by atoms with Crippen molar-refractivity contribution in [2.45, 2.75) is 96.2 Å². The number of nitrogens with one attached hydrogen (secondary N) is 1. The summed E-state index contributed by atoms with van der Waals surface area (Å²) in [5.41, 5.74) is -1.38. The Balaban J connectivity index is 1.52.